The minimum Gasteiger partial charge on any atom is -0.338 e. The van der Waals surface area contributed by atoms with Crippen molar-refractivity contribution in [2.75, 3.05) is 18.4 Å². The van der Waals surface area contributed by atoms with Crippen LogP contribution in [0, 0.1) is 20.8 Å². The summed E-state index contributed by atoms with van der Waals surface area (Å²) in [7, 11) is 0. The molecule has 4 rings (SSSR count). The minimum atomic E-state index is 0.0144. The Morgan fingerprint density at radius 2 is 2.03 bits per heavy atom. The van der Waals surface area contributed by atoms with E-state index in [2.05, 4.69) is 25.3 Å². The van der Waals surface area contributed by atoms with Crippen molar-refractivity contribution in [3.8, 4) is 0 Å². The lowest BCUT2D eigenvalue weighted by Crippen LogP contribution is -2.26. The van der Waals surface area contributed by atoms with E-state index >= 15 is 0 Å². The summed E-state index contributed by atoms with van der Waals surface area (Å²) in [4.78, 5) is 32.3. The summed E-state index contributed by atoms with van der Waals surface area (Å²) in [5.74, 6) is 1.67. The largest absolute Gasteiger partial charge is 0.338 e. The van der Waals surface area contributed by atoms with Crippen LogP contribution in [0.1, 0.15) is 40.3 Å². The Kier molecular flexibility index (Phi) is 5.68. The molecule has 7 nitrogen and oxygen atoms in total. The number of hydrogen-bond acceptors (Lipinski definition) is 8. The molecule has 1 fully saturated rings. The first-order valence-electron chi connectivity index (χ1n) is 9.40. The molecule has 3 aromatic heterocycles. The first-order valence-corrected chi connectivity index (χ1v) is 11.2. The van der Waals surface area contributed by atoms with E-state index in [4.69, 9.17) is 0 Å². The van der Waals surface area contributed by atoms with E-state index in [0.717, 1.165) is 46.0 Å². The number of aromatic nitrogens is 4. The number of thiazole rings is 2. The first-order chi connectivity index (χ1) is 14.0. The third kappa shape index (κ3) is 4.86. The Morgan fingerprint density at radius 3 is 2.76 bits per heavy atom. The van der Waals surface area contributed by atoms with E-state index in [9.17, 15) is 4.79 Å². The van der Waals surface area contributed by atoms with Gasteiger partial charge in [-0.3, -0.25) is 4.79 Å². The molecule has 29 heavy (non-hydrogen) atoms. The third-order valence-electron chi connectivity index (χ3n) is 4.66. The lowest BCUT2D eigenvalue weighted by Gasteiger charge is -2.15. The summed E-state index contributed by atoms with van der Waals surface area (Å²) < 4.78 is 0. The fourth-order valence-electron chi connectivity index (χ4n) is 3.31. The first kappa shape index (κ1) is 19.7. The molecule has 1 aliphatic rings. The average Bonchev–Trinajstić information content (AvgIpc) is 3.41. The predicted molar refractivity (Wildman–Crippen MR) is 117 cm³/mol. The maximum Gasteiger partial charge on any atom is 0.246 e. The van der Waals surface area contributed by atoms with Crippen LogP contribution < -0.4 is 5.32 Å². The summed E-state index contributed by atoms with van der Waals surface area (Å²) in [6.45, 7) is 7.19. The van der Waals surface area contributed by atoms with Crippen LogP contribution in [-0.2, 0) is 4.79 Å². The highest BCUT2D eigenvalue weighted by Crippen LogP contribution is 2.28. The van der Waals surface area contributed by atoms with Gasteiger partial charge in [0.25, 0.3) is 0 Å². The number of carbonyl (C=O) groups is 1. The highest BCUT2D eigenvalue weighted by Gasteiger charge is 2.27. The van der Waals surface area contributed by atoms with Gasteiger partial charge in [-0.15, -0.1) is 22.7 Å². The number of nitrogens with one attached hydrogen (secondary N) is 1. The molecule has 0 bridgehead atoms. The van der Waals surface area contributed by atoms with Crippen molar-refractivity contribution < 1.29 is 4.79 Å². The van der Waals surface area contributed by atoms with E-state index in [1.165, 1.54) is 0 Å². The van der Waals surface area contributed by atoms with Gasteiger partial charge in [-0.1, -0.05) is 0 Å². The number of nitrogens with zero attached hydrogens (tertiary/aromatic N) is 5. The Hall–Kier alpha value is -2.65. The van der Waals surface area contributed by atoms with Gasteiger partial charge in [0.2, 0.25) is 5.91 Å². The molecule has 1 aliphatic heterocycles. The zero-order valence-electron chi connectivity index (χ0n) is 16.5. The highest BCUT2D eigenvalue weighted by atomic mass is 32.1. The fraction of sp³-hybridized carbons (Fsp3) is 0.350. The number of likely N-dealkylation sites (tertiary alicyclic amines) is 1. The van der Waals surface area contributed by atoms with Crippen LogP contribution in [0.4, 0.5) is 10.9 Å². The predicted octanol–water partition coefficient (Wildman–Crippen LogP) is 4.09. The number of amides is 1. The molecule has 0 unspecified atom stereocenters. The normalized spacial score (nSPS) is 16.7. The van der Waals surface area contributed by atoms with Crippen molar-refractivity contribution in [3.63, 3.8) is 0 Å². The van der Waals surface area contributed by atoms with Crippen LogP contribution in [0.3, 0.4) is 0 Å². The maximum absolute atomic E-state index is 12.5. The van der Waals surface area contributed by atoms with Crippen molar-refractivity contribution in [1.82, 2.24) is 24.8 Å². The van der Waals surface area contributed by atoms with Gasteiger partial charge in [-0.2, -0.15) is 0 Å². The summed E-state index contributed by atoms with van der Waals surface area (Å²) in [6, 6.07) is 1.97. The molecule has 0 aromatic carbocycles. The second-order valence-corrected chi connectivity index (χ2v) is 8.96. The zero-order chi connectivity index (χ0) is 20.4. The Morgan fingerprint density at radius 1 is 1.17 bits per heavy atom. The summed E-state index contributed by atoms with van der Waals surface area (Å²) in [6.07, 6.45) is 4.29. The van der Waals surface area contributed by atoms with Gasteiger partial charge in [0.15, 0.2) is 5.13 Å². The molecule has 3 aromatic rings. The van der Waals surface area contributed by atoms with Crippen LogP contribution in [-0.4, -0.2) is 43.8 Å². The van der Waals surface area contributed by atoms with Crippen LogP contribution in [0.5, 0.6) is 0 Å². The number of hydrogen-bond donors (Lipinski definition) is 1. The Bertz CT molecular complexity index is 1060. The van der Waals surface area contributed by atoms with Gasteiger partial charge in [-0.05, 0) is 33.3 Å². The molecule has 4 heterocycles. The molecule has 0 saturated carbocycles. The van der Waals surface area contributed by atoms with Crippen molar-refractivity contribution in [2.45, 2.75) is 33.1 Å². The average molecular weight is 427 g/mol. The van der Waals surface area contributed by atoms with Crippen molar-refractivity contribution in [1.29, 1.82) is 0 Å². The highest BCUT2D eigenvalue weighted by molar-refractivity contribution is 7.13. The van der Waals surface area contributed by atoms with Gasteiger partial charge in [0, 0.05) is 41.9 Å². The topological polar surface area (TPSA) is 83.9 Å². The smallest absolute Gasteiger partial charge is 0.246 e. The monoisotopic (exact) mass is 426 g/mol. The van der Waals surface area contributed by atoms with E-state index in [1.54, 1.807) is 34.8 Å². The molecule has 1 atom stereocenters. The summed E-state index contributed by atoms with van der Waals surface area (Å²) in [5.41, 5.74) is 2.77. The van der Waals surface area contributed by atoms with E-state index in [1.807, 2.05) is 42.5 Å². The van der Waals surface area contributed by atoms with Crippen molar-refractivity contribution in [2.24, 2.45) is 0 Å². The van der Waals surface area contributed by atoms with E-state index in [-0.39, 0.29) is 11.8 Å². The molecule has 0 spiro atoms. The Labute approximate surface area is 177 Å². The molecule has 9 heteroatoms. The number of carbonyl (C=O) groups excluding carboxylic acids is 1. The third-order valence-corrected chi connectivity index (χ3v) is 6.33. The van der Waals surface area contributed by atoms with E-state index in [0.29, 0.717) is 12.4 Å². The second kappa shape index (κ2) is 8.38. The van der Waals surface area contributed by atoms with Crippen LogP contribution >= 0.6 is 22.7 Å². The molecule has 0 aliphatic carbocycles. The zero-order valence-corrected chi connectivity index (χ0v) is 18.2. The molecule has 1 saturated heterocycles. The molecule has 1 N–H and O–H groups in total. The standard InChI is InChI=1S/C20H22N6OS2/c1-12-10-29-20(21-12)25-18-8-17(22-13(2)23-18)15-6-7-26(9-15)19(27)5-4-16-11-28-14(3)24-16/h4-5,8,10-11,15H,6-7,9H2,1-3H3,(H,21,22,23,25)/b5-4+/t15-/m0/s1. The maximum atomic E-state index is 12.5. The molecule has 150 valence electrons. The quantitative estimate of drug-likeness (QED) is 0.619. The van der Waals surface area contributed by atoms with Gasteiger partial charge in [0.1, 0.15) is 11.6 Å². The van der Waals surface area contributed by atoms with Crippen LogP contribution in [0.2, 0.25) is 0 Å². The van der Waals surface area contributed by atoms with Crippen LogP contribution in [0.15, 0.2) is 22.9 Å². The van der Waals surface area contributed by atoms with Crippen molar-refractivity contribution in [3.05, 3.63) is 50.8 Å². The number of anilines is 2. The molecule has 0 radical (unpaired) electrons. The SMILES string of the molecule is Cc1csc(Nc2cc([C@H]3CCN(C(=O)/C=C/c4csc(C)n4)C3)nc(C)n2)n1. The van der Waals surface area contributed by atoms with Gasteiger partial charge in [0.05, 0.1) is 22.1 Å². The number of rotatable bonds is 5. The van der Waals surface area contributed by atoms with E-state index < -0.39 is 0 Å². The van der Waals surface area contributed by atoms with Crippen LogP contribution in [0.25, 0.3) is 6.08 Å². The molecule has 1 amide bonds. The Balaban J connectivity index is 1.43. The minimum absolute atomic E-state index is 0.0144. The summed E-state index contributed by atoms with van der Waals surface area (Å²) in [5, 5.41) is 9.03. The summed E-state index contributed by atoms with van der Waals surface area (Å²) >= 11 is 3.13. The lowest BCUT2D eigenvalue weighted by molar-refractivity contribution is -0.124. The lowest BCUT2D eigenvalue weighted by atomic mass is 10.0. The van der Waals surface area contributed by atoms with Crippen molar-refractivity contribution >= 4 is 45.6 Å². The number of aryl methyl sites for hydroxylation is 3. The van der Waals surface area contributed by atoms with Gasteiger partial charge < -0.3 is 10.2 Å². The fourth-order valence-corrected chi connectivity index (χ4v) is 4.58. The molecular weight excluding hydrogens is 404 g/mol. The van der Waals surface area contributed by atoms with Gasteiger partial charge >= 0.3 is 0 Å². The van der Waals surface area contributed by atoms with Gasteiger partial charge in [-0.25, -0.2) is 19.9 Å². The molecular formula is C20H22N6OS2. The second-order valence-electron chi connectivity index (χ2n) is 7.04.